The molecule has 0 aromatic heterocycles. The van der Waals surface area contributed by atoms with Crippen LogP contribution in [0.15, 0.2) is 0 Å². The van der Waals surface area contributed by atoms with Gasteiger partial charge >= 0.3 is 5.97 Å². The Hall–Kier alpha value is -1.59. The second-order valence-corrected chi connectivity index (χ2v) is 5.99. The summed E-state index contributed by atoms with van der Waals surface area (Å²) in [5.41, 5.74) is -0.579. The molecular formula is C14H26N2O4. The zero-order chi connectivity index (χ0) is 15.9. The molecule has 1 unspecified atom stereocenters. The van der Waals surface area contributed by atoms with E-state index in [0.717, 1.165) is 0 Å². The van der Waals surface area contributed by atoms with Crippen LogP contribution in [0.4, 0.5) is 0 Å². The maximum atomic E-state index is 12.1. The fourth-order valence-electron chi connectivity index (χ4n) is 1.72. The molecule has 0 radical (unpaired) electrons. The molecule has 0 aromatic carbocycles. The van der Waals surface area contributed by atoms with E-state index in [1.165, 1.54) is 0 Å². The summed E-state index contributed by atoms with van der Waals surface area (Å²) in [7, 11) is 0. The third-order valence-electron chi connectivity index (χ3n) is 2.52. The van der Waals surface area contributed by atoms with Crippen LogP contribution < -0.4 is 10.6 Å². The number of rotatable bonds is 6. The predicted octanol–water partition coefficient (Wildman–Crippen LogP) is 0.853. The predicted molar refractivity (Wildman–Crippen MR) is 75.9 cm³/mol. The molecule has 2 N–H and O–H groups in total. The lowest BCUT2D eigenvalue weighted by Crippen LogP contribution is -2.47. The van der Waals surface area contributed by atoms with Crippen LogP contribution in [0.5, 0.6) is 0 Å². The van der Waals surface area contributed by atoms with Crippen LogP contribution in [0.25, 0.3) is 0 Å². The van der Waals surface area contributed by atoms with Gasteiger partial charge in [-0.25, -0.2) is 0 Å². The van der Waals surface area contributed by atoms with Crippen LogP contribution >= 0.6 is 0 Å². The number of hydrogen-bond acceptors (Lipinski definition) is 4. The van der Waals surface area contributed by atoms with Gasteiger partial charge < -0.3 is 15.4 Å². The molecule has 0 aliphatic rings. The van der Waals surface area contributed by atoms with Crippen molar-refractivity contribution in [3.05, 3.63) is 0 Å². The number of carbonyl (C=O) groups is 3. The summed E-state index contributed by atoms with van der Waals surface area (Å²) in [6, 6.07) is 0.00266. The molecule has 0 bridgehead atoms. The summed E-state index contributed by atoms with van der Waals surface area (Å²) in [5, 5.41) is 5.14. The molecule has 0 aromatic rings. The summed E-state index contributed by atoms with van der Waals surface area (Å²) in [5.74, 6) is -2.28. The van der Waals surface area contributed by atoms with E-state index in [9.17, 15) is 14.4 Å². The molecule has 0 spiro atoms. The van der Waals surface area contributed by atoms with E-state index in [2.05, 4.69) is 10.6 Å². The quantitative estimate of drug-likeness (QED) is 0.560. The molecule has 0 saturated carbocycles. The van der Waals surface area contributed by atoms with Gasteiger partial charge in [0.1, 0.15) is 5.92 Å². The normalized spacial score (nSPS) is 12.8. The van der Waals surface area contributed by atoms with E-state index in [1.807, 2.05) is 13.8 Å². The Morgan fingerprint density at radius 2 is 1.70 bits per heavy atom. The lowest BCUT2D eigenvalue weighted by Gasteiger charge is -2.27. The van der Waals surface area contributed by atoms with Crippen LogP contribution in [-0.2, 0) is 19.1 Å². The maximum Gasteiger partial charge on any atom is 0.319 e. The topological polar surface area (TPSA) is 84.5 Å². The number of carbonyl (C=O) groups excluding carboxylic acids is 3. The monoisotopic (exact) mass is 286 g/mol. The zero-order valence-corrected chi connectivity index (χ0v) is 13.2. The Labute approximate surface area is 120 Å². The minimum Gasteiger partial charge on any atom is -0.465 e. The van der Waals surface area contributed by atoms with Crippen LogP contribution in [-0.4, -0.2) is 37.0 Å². The average molecular weight is 286 g/mol. The van der Waals surface area contributed by atoms with Crippen molar-refractivity contribution in [1.82, 2.24) is 10.6 Å². The van der Waals surface area contributed by atoms with Gasteiger partial charge in [0.05, 0.1) is 13.2 Å². The third-order valence-corrected chi connectivity index (χ3v) is 2.52. The fourth-order valence-corrected chi connectivity index (χ4v) is 1.72. The first-order valence-corrected chi connectivity index (χ1v) is 6.83. The van der Waals surface area contributed by atoms with Crippen molar-refractivity contribution < 1.29 is 19.1 Å². The molecule has 0 saturated heterocycles. The van der Waals surface area contributed by atoms with Gasteiger partial charge in [0.25, 0.3) is 0 Å². The van der Waals surface area contributed by atoms with Crippen LogP contribution in [0.2, 0.25) is 0 Å². The van der Waals surface area contributed by atoms with Gasteiger partial charge in [-0.1, -0.05) is 20.8 Å². The minimum absolute atomic E-state index is 0.00266. The van der Waals surface area contributed by atoms with Crippen molar-refractivity contribution >= 4 is 17.8 Å². The minimum atomic E-state index is -0.936. The van der Waals surface area contributed by atoms with Crippen molar-refractivity contribution in [2.45, 2.75) is 47.6 Å². The van der Waals surface area contributed by atoms with Crippen LogP contribution in [0.1, 0.15) is 41.5 Å². The zero-order valence-electron chi connectivity index (χ0n) is 13.2. The molecule has 0 rings (SSSR count). The van der Waals surface area contributed by atoms with Gasteiger partial charge in [0.2, 0.25) is 11.8 Å². The standard InChI is InChI=1S/C14H26N2O4/c1-7-20-13(19)11(14(4,5)6)12(18)15-8-10(17)16-9(2)3/h9,11H,7-8H2,1-6H3,(H,15,18)(H,16,17). The van der Waals surface area contributed by atoms with Gasteiger partial charge in [-0.3, -0.25) is 14.4 Å². The number of amides is 2. The molecule has 0 heterocycles. The molecule has 116 valence electrons. The van der Waals surface area contributed by atoms with Crippen LogP contribution in [0.3, 0.4) is 0 Å². The van der Waals surface area contributed by atoms with E-state index in [4.69, 9.17) is 4.74 Å². The molecule has 1 atom stereocenters. The maximum absolute atomic E-state index is 12.1. The molecule has 0 aliphatic carbocycles. The van der Waals surface area contributed by atoms with Gasteiger partial charge in [0, 0.05) is 6.04 Å². The van der Waals surface area contributed by atoms with E-state index in [1.54, 1.807) is 27.7 Å². The third kappa shape index (κ3) is 6.54. The molecular weight excluding hydrogens is 260 g/mol. The smallest absolute Gasteiger partial charge is 0.319 e. The van der Waals surface area contributed by atoms with Crippen molar-refractivity contribution in [1.29, 1.82) is 0 Å². The number of ether oxygens (including phenoxy) is 1. The first-order chi connectivity index (χ1) is 9.09. The summed E-state index contributed by atoms with van der Waals surface area (Å²) < 4.78 is 4.92. The lowest BCUT2D eigenvalue weighted by molar-refractivity contribution is -0.157. The van der Waals surface area contributed by atoms with E-state index in [0.29, 0.717) is 0 Å². The van der Waals surface area contributed by atoms with Gasteiger partial charge in [-0.05, 0) is 26.2 Å². The summed E-state index contributed by atoms with van der Waals surface area (Å²) in [6.07, 6.45) is 0. The highest BCUT2D eigenvalue weighted by Gasteiger charge is 2.38. The molecule has 0 aliphatic heterocycles. The van der Waals surface area contributed by atoms with Crippen LogP contribution in [0, 0.1) is 11.3 Å². The van der Waals surface area contributed by atoms with Crippen molar-refractivity contribution in [2.75, 3.05) is 13.2 Å². The largest absolute Gasteiger partial charge is 0.465 e. The Balaban J connectivity index is 4.66. The number of nitrogens with one attached hydrogen (secondary N) is 2. The SMILES string of the molecule is CCOC(=O)C(C(=O)NCC(=O)NC(C)C)C(C)(C)C. The van der Waals surface area contributed by atoms with E-state index in [-0.39, 0.29) is 25.1 Å². The highest BCUT2D eigenvalue weighted by molar-refractivity contribution is 5.99. The van der Waals surface area contributed by atoms with Gasteiger partial charge in [-0.15, -0.1) is 0 Å². The van der Waals surface area contributed by atoms with Gasteiger partial charge in [0.15, 0.2) is 0 Å². The Morgan fingerprint density at radius 3 is 2.10 bits per heavy atom. The Bertz CT molecular complexity index is 359. The molecule has 6 nitrogen and oxygen atoms in total. The Kier molecular flexibility index (Phi) is 7.24. The Morgan fingerprint density at radius 1 is 1.15 bits per heavy atom. The second kappa shape index (κ2) is 7.87. The molecule has 2 amide bonds. The van der Waals surface area contributed by atoms with E-state index < -0.39 is 23.2 Å². The molecule has 6 heteroatoms. The first kappa shape index (κ1) is 18.4. The molecule has 20 heavy (non-hydrogen) atoms. The summed E-state index contributed by atoms with van der Waals surface area (Å²) in [4.78, 5) is 35.5. The summed E-state index contributed by atoms with van der Waals surface area (Å²) >= 11 is 0. The number of esters is 1. The van der Waals surface area contributed by atoms with Crippen molar-refractivity contribution in [3.8, 4) is 0 Å². The fraction of sp³-hybridized carbons (Fsp3) is 0.786. The molecule has 0 fully saturated rings. The second-order valence-electron chi connectivity index (χ2n) is 5.99. The number of hydrogen-bond donors (Lipinski definition) is 2. The van der Waals surface area contributed by atoms with Crippen molar-refractivity contribution in [3.63, 3.8) is 0 Å². The highest BCUT2D eigenvalue weighted by Crippen LogP contribution is 2.27. The lowest BCUT2D eigenvalue weighted by atomic mass is 9.80. The average Bonchev–Trinajstić information content (AvgIpc) is 2.23. The van der Waals surface area contributed by atoms with Gasteiger partial charge in [-0.2, -0.15) is 0 Å². The highest BCUT2D eigenvalue weighted by atomic mass is 16.5. The first-order valence-electron chi connectivity index (χ1n) is 6.83. The van der Waals surface area contributed by atoms with E-state index >= 15 is 0 Å². The summed E-state index contributed by atoms with van der Waals surface area (Å²) in [6.45, 7) is 10.8. The van der Waals surface area contributed by atoms with Crippen molar-refractivity contribution in [2.24, 2.45) is 11.3 Å².